The van der Waals surface area contributed by atoms with Gasteiger partial charge in [0.1, 0.15) is 11.5 Å². The first kappa shape index (κ1) is 14.6. The first-order valence-electron chi connectivity index (χ1n) is 5.90. The van der Waals surface area contributed by atoms with Crippen molar-refractivity contribution < 1.29 is 10.2 Å². The Bertz CT molecular complexity index is 571. The van der Waals surface area contributed by atoms with Crippen LogP contribution in [0.1, 0.15) is 18.1 Å². The van der Waals surface area contributed by atoms with Gasteiger partial charge in [0.2, 0.25) is 0 Å². The summed E-state index contributed by atoms with van der Waals surface area (Å²) in [7, 11) is 0. The molecule has 0 radical (unpaired) electrons. The van der Waals surface area contributed by atoms with Crippen molar-refractivity contribution in [2.45, 2.75) is 6.92 Å². The molecule has 2 aromatic rings. The summed E-state index contributed by atoms with van der Waals surface area (Å²) in [5, 5.41) is 18.3. The average Bonchev–Trinajstić information content (AvgIpc) is 2.40. The Balaban J connectivity index is 0.000000191. The smallest absolute Gasteiger partial charge is 0.123 e. The van der Waals surface area contributed by atoms with Crippen LogP contribution in [-0.2, 0) is 0 Å². The molecule has 2 heteroatoms. The van der Waals surface area contributed by atoms with E-state index in [9.17, 15) is 5.11 Å². The zero-order valence-corrected chi connectivity index (χ0v) is 11.0. The molecule has 2 nitrogen and oxygen atoms in total. The normalized spacial score (nSPS) is 9.11. The van der Waals surface area contributed by atoms with Crippen molar-refractivity contribution in [3.05, 3.63) is 72.8 Å². The fourth-order valence-electron chi connectivity index (χ4n) is 1.49. The van der Waals surface area contributed by atoms with E-state index in [1.54, 1.807) is 30.3 Å². The lowest BCUT2D eigenvalue weighted by atomic mass is 10.1. The third-order valence-corrected chi connectivity index (χ3v) is 2.52. The van der Waals surface area contributed by atoms with Crippen molar-refractivity contribution >= 4 is 11.6 Å². The molecule has 0 spiro atoms. The second-order valence-electron chi connectivity index (χ2n) is 4.06. The number of phenols is 2. The molecule has 2 aromatic carbocycles. The number of hydrogen-bond donors (Lipinski definition) is 2. The van der Waals surface area contributed by atoms with Crippen LogP contribution in [0, 0.1) is 0 Å². The maximum Gasteiger partial charge on any atom is 0.123 e. The van der Waals surface area contributed by atoms with Gasteiger partial charge in [0.15, 0.2) is 0 Å². The minimum atomic E-state index is 0.285. The van der Waals surface area contributed by atoms with E-state index < -0.39 is 0 Å². The Labute approximate surface area is 114 Å². The van der Waals surface area contributed by atoms with Gasteiger partial charge >= 0.3 is 0 Å². The molecule has 0 unspecified atom stereocenters. The summed E-state index contributed by atoms with van der Waals surface area (Å²) >= 11 is 0. The highest BCUT2D eigenvalue weighted by Crippen LogP contribution is 2.21. The number of para-hydroxylation sites is 2. The number of hydrogen-bond acceptors (Lipinski definition) is 2. The molecule has 19 heavy (non-hydrogen) atoms. The van der Waals surface area contributed by atoms with E-state index in [4.69, 9.17) is 5.11 Å². The van der Waals surface area contributed by atoms with Crippen molar-refractivity contribution in [1.29, 1.82) is 0 Å². The van der Waals surface area contributed by atoms with E-state index in [-0.39, 0.29) is 5.75 Å². The van der Waals surface area contributed by atoms with Crippen LogP contribution in [0.15, 0.2) is 61.7 Å². The fourth-order valence-corrected chi connectivity index (χ4v) is 1.49. The van der Waals surface area contributed by atoms with E-state index in [2.05, 4.69) is 13.2 Å². The number of benzene rings is 2. The molecule has 2 rings (SSSR count). The predicted molar refractivity (Wildman–Crippen MR) is 81.0 cm³/mol. The van der Waals surface area contributed by atoms with Crippen molar-refractivity contribution in [3.8, 4) is 11.5 Å². The minimum Gasteiger partial charge on any atom is -0.507 e. The molecule has 0 aliphatic heterocycles. The molecular formula is C17H18O2. The van der Waals surface area contributed by atoms with Gasteiger partial charge in [-0.2, -0.15) is 0 Å². The quantitative estimate of drug-likeness (QED) is 0.830. The molecular weight excluding hydrogens is 236 g/mol. The molecule has 0 fully saturated rings. The van der Waals surface area contributed by atoms with Crippen molar-refractivity contribution in [3.63, 3.8) is 0 Å². The highest BCUT2D eigenvalue weighted by molar-refractivity contribution is 5.66. The monoisotopic (exact) mass is 254 g/mol. The Morgan fingerprint density at radius 3 is 1.84 bits per heavy atom. The molecule has 0 amide bonds. The van der Waals surface area contributed by atoms with Gasteiger partial charge in [-0.25, -0.2) is 0 Å². The van der Waals surface area contributed by atoms with E-state index in [0.717, 1.165) is 16.7 Å². The molecule has 0 bridgehead atoms. The lowest BCUT2D eigenvalue weighted by molar-refractivity contribution is 0.473. The average molecular weight is 254 g/mol. The highest BCUT2D eigenvalue weighted by atomic mass is 16.3. The van der Waals surface area contributed by atoms with Gasteiger partial charge < -0.3 is 10.2 Å². The topological polar surface area (TPSA) is 40.5 Å². The third-order valence-electron chi connectivity index (χ3n) is 2.52. The molecule has 98 valence electrons. The van der Waals surface area contributed by atoms with E-state index in [0.29, 0.717) is 5.75 Å². The van der Waals surface area contributed by atoms with Crippen LogP contribution in [0.3, 0.4) is 0 Å². The van der Waals surface area contributed by atoms with Crippen LogP contribution in [0.25, 0.3) is 11.6 Å². The summed E-state index contributed by atoms with van der Waals surface area (Å²) in [4.78, 5) is 0. The van der Waals surface area contributed by atoms with Gasteiger partial charge in [-0.15, -0.1) is 0 Å². The summed E-state index contributed by atoms with van der Waals surface area (Å²) in [6, 6.07) is 14.3. The van der Waals surface area contributed by atoms with Crippen LogP contribution in [0.4, 0.5) is 0 Å². The Hall–Kier alpha value is -2.48. The molecule has 0 saturated heterocycles. The minimum absolute atomic E-state index is 0.285. The molecule has 0 aromatic heterocycles. The van der Waals surface area contributed by atoms with Gasteiger partial charge in [-0.05, 0) is 24.6 Å². The molecule has 0 heterocycles. The van der Waals surface area contributed by atoms with Crippen LogP contribution in [0.2, 0.25) is 0 Å². The zero-order chi connectivity index (χ0) is 14.3. The summed E-state index contributed by atoms with van der Waals surface area (Å²) < 4.78 is 0. The van der Waals surface area contributed by atoms with Crippen LogP contribution in [-0.4, -0.2) is 10.2 Å². The lowest BCUT2D eigenvalue weighted by Crippen LogP contribution is -1.76. The number of allylic oxidation sites excluding steroid dienone is 1. The van der Waals surface area contributed by atoms with Gasteiger partial charge in [0.25, 0.3) is 0 Å². The first-order valence-corrected chi connectivity index (χ1v) is 5.90. The molecule has 0 aliphatic carbocycles. The predicted octanol–water partition coefficient (Wildman–Crippen LogP) is 4.46. The van der Waals surface area contributed by atoms with E-state index in [1.807, 2.05) is 31.2 Å². The summed E-state index contributed by atoms with van der Waals surface area (Å²) in [5.74, 6) is 0.586. The third kappa shape index (κ3) is 4.36. The Kier molecular flexibility index (Phi) is 5.42. The largest absolute Gasteiger partial charge is 0.507 e. The van der Waals surface area contributed by atoms with Crippen molar-refractivity contribution in [1.82, 2.24) is 0 Å². The van der Waals surface area contributed by atoms with Gasteiger partial charge in [0.05, 0.1) is 0 Å². The molecule has 0 atom stereocenters. The van der Waals surface area contributed by atoms with Crippen molar-refractivity contribution in [2.75, 3.05) is 0 Å². The summed E-state index contributed by atoms with van der Waals surface area (Å²) in [5.41, 5.74) is 2.48. The standard InChI is InChI=1S/C9H10O.C8H8O/c1-7(2)8-5-3-4-6-9(8)10;1-2-7-5-3-4-6-8(7)9/h3-6,10H,1H2,2H3;2-6,9H,1H2. The number of rotatable bonds is 2. The Morgan fingerprint density at radius 1 is 0.947 bits per heavy atom. The zero-order valence-electron chi connectivity index (χ0n) is 11.0. The van der Waals surface area contributed by atoms with Crippen LogP contribution >= 0.6 is 0 Å². The maximum absolute atomic E-state index is 9.22. The van der Waals surface area contributed by atoms with Gasteiger partial charge in [-0.3, -0.25) is 0 Å². The van der Waals surface area contributed by atoms with Crippen molar-refractivity contribution in [2.24, 2.45) is 0 Å². The molecule has 0 saturated carbocycles. The fraction of sp³-hybridized carbons (Fsp3) is 0.0588. The number of aromatic hydroxyl groups is 2. The summed E-state index contributed by atoms with van der Waals surface area (Å²) in [6.07, 6.45) is 1.62. The first-order chi connectivity index (χ1) is 9.06. The van der Waals surface area contributed by atoms with Crippen LogP contribution in [0.5, 0.6) is 11.5 Å². The lowest BCUT2D eigenvalue weighted by Gasteiger charge is -2.00. The van der Waals surface area contributed by atoms with Crippen LogP contribution < -0.4 is 0 Å². The second kappa shape index (κ2) is 7.07. The molecule has 0 aliphatic rings. The van der Waals surface area contributed by atoms with Gasteiger partial charge in [0, 0.05) is 11.1 Å². The highest BCUT2D eigenvalue weighted by Gasteiger charge is 1.97. The maximum atomic E-state index is 9.22. The second-order valence-corrected chi connectivity index (χ2v) is 4.06. The van der Waals surface area contributed by atoms with Gasteiger partial charge in [-0.1, -0.05) is 55.6 Å². The summed E-state index contributed by atoms with van der Waals surface area (Å²) in [6.45, 7) is 9.13. The number of phenolic OH excluding ortho intramolecular Hbond substituents is 2. The SMILES string of the molecule is C=C(C)c1ccccc1O.C=Cc1ccccc1O. The van der Waals surface area contributed by atoms with E-state index >= 15 is 0 Å². The molecule has 2 N–H and O–H groups in total. The van der Waals surface area contributed by atoms with E-state index in [1.165, 1.54) is 0 Å². The Morgan fingerprint density at radius 2 is 1.47 bits per heavy atom.